The van der Waals surface area contributed by atoms with Crippen LogP contribution >= 0.6 is 0 Å². The molecule has 0 aromatic heterocycles. The summed E-state index contributed by atoms with van der Waals surface area (Å²) in [4.78, 5) is 25.8. The average molecular weight is 310 g/mol. The summed E-state index contributed by atoms with van der Waals surface area (Å²) in [7, 11) is 0. The van der Waals surface area contributed by atoms with Gasteiger partial charge in [0.1, 0.15) is 0 Å². The molecule has 2 rings (SSSR count). The predicted octanol–water partition coefficient (Wildman–Crippen LogP) is 3.10. The minimum absolute atomic E-state index is 0.101. The molecule has 1 aliphatic heterocycles. The first kappa shape index (κ1) is 17.1. The fourth-order valence-electron chi connectivity index (χ4n) is 3.82. The molecule has 1 saturated heterocycles. The Balaban J connectivity index is 1.88. The third-order valence-corrected chi connectivity index (χ3v) is 5.28. The van der Waals surface area contributed by atoms with Gasteiger partial charge in [0.15, 0.2) is 0 Å². The van der Waals surface area contributed by atoms with E-state index in [9.17, 15) is 14.7 Å². The Morgan fingerprint density at radius 1 is 1.41 bits per heavy atom. The maximum atomic E-state index is 12.4. The van der Waals surface area contributed by atoms with E-state index in [-0.39, 0.29) is 23.4 Å². The molecule has 0 radical (unpaired) electrons. The molecule has 5 heteroatoms. The van der Waals surface area contributed by atoms with Crippen molar-refractivity contribution in [1.29, 1.82) is 0 Å². The van der Waals surface area contributed by atoms with Gasteiger partial charge < -0.3 is 15.3 Å². The molecule has 0 spiro atoms. The van der Waals surface area contributed by atoms with Crippen LogP contribution in [-0.2, 0) is 4.79 Å². The lowest BCUT2D eigenvalue weighted by Gasteiger charge is -2.25. The van der Waals surface area contributed by atoms with Crippen LogP contribution in [0.1, 0.15) is 59.8 Å². The molecule has 22 heavy (non-hydrogen) atoms. The van der Waals surface area contributed by atoms with Gasteiger partial charge in [0.25, 0.3) is 0 Å². The molecular weight excluding hydrogens is 280 g/mol. The monoisotopic (exact) mass is 310 g/mol. The number of urea groups is 1. The third-order valence-electron chi connectivity index (χ3n) is 5.28. The lowest BCUT2D eigenvalue weighted by atomic mass is 9.81. The van der Waals surface area contributed by atoms with Gasteiger partial charge in [-0.25, -0.2) is 4.79 Å². The van der Waals surface area contributed by atoms with Gasteiger partial charge >= 0.3 is 12.0 Å². The molecule has 0 bridgehead atoms. The van der Waals surface area contributed by atoms with E-state index in [0.717, 1.165) is 25.7 Å². The van der Waals surface area contributed by atoms with E-state index in [1.54, 1.807) is 4.90 Å². The van der Waals surface area contributed by atoms with Crippen molar-refractivity contribution in [1.82, 2.24) is 10.2 Å². The summed E-state index contributed by atoms with van der Waals surface area (Å²) in [5.74, 6) is -0.605. The van der Waals surface area contributed by atoms with E-state index >= 15 is 0 Å². The van der Waals surface area contributed by atoms with Crippen molar-refractivity contribution in [2.45, 2.75) is 65.8 Å². The second-order valence-electron chi connectivity index (χ2n) is 8.38. The minimum atomic E-state index is -0.730. The van der Waals surface area contributed by atoms with E-state index in [2.05, 4.69) is 26.1 Å². The number of carboxylic acid groups (broad SMARTS) is 1. The highest BCUT2D eigenvalue weighted by Crippen LogP contribution is 2.48. The number of amides is 2. The number of rotatable bonds is 4. The highest BCUT2D eigenvalue weighted by molar-refractivity contribution is 5.80. The van der Waals surface area contributed by atoms with Crippen molar-refractivity contribution >= 4 is 12.0 Å². The van der Waals surface area contributed by atoms with Gasteiger partial charge in [-0.3, -0.25) is 4.79 Å². The van der Waals surface area contributed by atoms with Gasteiger partial charge in [0.2, 0.25) is 0 Å². The Kier molecular flexibility index (Phi) is 4.73. The number of carbonyl (C=O) groups is 2. The highest BCUT2D eigenvalue weighted by atomic mass is 16.4. The SMILES string of the molecule is CC(CCC(C)(C)C)NC(=O)N1C[C@@H]2CCC[C@@]2(C(=O)O)C1. The molecule has 1 aliphatic carbocycles. The van der Waals surface area contributed by atoms with Crippen LogP contribution < -0.4 is 5.32 Å². The molecule has 2 aliphatic rings. The van der Waals surface area contributed by atoms with Crippen LogP contribution in [0.5, 0.6) is 0 Å². The maximum Gasteiger partial charge on any atom is 0.317 e. The second-order valence-corrected chi connectivity index (χ2v) is 8.38. The van der Waals surface area contributed by atoms with Crippen LogP contribution in [0, 0.1) is 16.7 Å². The van der Waals surface area contributed by atoms with Crippen molar-refractivity contribution in [3.63, 3.8) is 0 Å². The van der Waals surface area contributed by atoms with Gasteiger partial charge in [-0.1, -0.05) is 27.2 Å². The molecule has 2 N–H and O–H groups in total. The number of hydrogen-bond acceptors (Lipinski definition) is 2. The molecule has 1 unspecified atom stereocenters. The zero-order valence-electron chi connectivity index (χ0n) is 14.3. The summed E-state index contributed by atoms with van der Waals surface area (Å²) in [5, 5.41) is 12.6. The molecule has 1 heterocycles. The number of likely N-dealkylation sites (tertiary alicyclic amines) is 1. The summed E-state index contributed by atoms with van der Waals surface area (Å²) in [6, 6.07) is 0.0179. The van der Waals surface area contributed by atoms with Crippen molar-refractivity contribution in [3.05, 3.63) is 0 Å². The average Bonchev–Trinajstić information content (AvgIpc) is 2.92. The van der Waals surface area contributed by atoms with E-state index in [1.807, 2.05) is 6.92 Å². The molecule has 0 aromatic rings. The van der Waals surface area contributed by atoms with Gasteiger partial charge in [0.05, 0.1) is 5.41 Å². The smallest absolute Gasteiger partial charge is 0.317 e. The summed E-state index contributed by atoms with van der Waals surface area (Å²) >= 11 is 0. The fourth-order valence-corrected chi connectivity index (χ4v) is 3.82. The number of aliphatic carboxylic acids is 1. The minimum Gasteiger partial charge on any atom is -0.481 e. The number of hydrogen-bond donors (Lipinski definition) is 2. The van der Waals surface area contributed by atoms with Crippen LogP contribution in [0.15, 0.2) is 0 Å². The van der Waals surface area contributed by atoms with Crippen LogP contribution in [-0.4, -0.2) is 41.1 Å². The number of carboxylic acids is 1. The predicted molar refractivity (Wildman–Crippen MR) is 85.7 cm³/mol. The summed E-state index contributed by atoms with van der Waals surface area (Å²) < 4.78 is 0. The Morgan fingerprint density at radius 2 is 2.09 bits per heavy atom. The lowest BCUT2D eigenvalue weighted by Crippen LogP contribution is -2.44. The first-order valence-electron chi connectivity index (χ1n) is 8.43. The summed E-state index contributed by atoms with van der Waals surface area (Å²) in [5.41, 5.74) is -0.428. The zero-order chi connectivity index (χ0) is 16.5. The van der Waals surface area contributed by atoms with Gasteiger partial charge in [-0.2, -0.15) is 0 Å². The molecule has 0 aromatic carbocycles. The summed E-state index contributed by atoms with van der Waals surface area (Å²) in [6.45, 7) is 9.56. The van der Waals surface area contributed by atoms with E-state index in [0.29, 0.717) is 19.5 Å². The van der Waals surface area contributed by atoms with Crippen molar-refractivity contribution in [2.75, 3.05) is 13.1 Å². The van der Waals surface area contributed by atoms with Crippen LogP contribution in [0.2, 0.25) is 0 Å². The lowest BCUT2D eigenvalue weighted by molar-refractivity contribution is -0.149. The van der Waals surface area contributed by atoms with E-state index < -0.39 is 11.4 Å². The van der Waals surface area contributed by atoms with E-state index in [1.165, 1.54) is 0 Å². The maximum absolute atomic E-state index is 12.4. The largest absolute Gasteiger partial charge is 0.481 e. The Bertz CT molecular complexity index is 444. The molecule has 3 atom stereocenters. The van der Waals surface area contributed by atoms with Gasteiger partial charge in [0, 0.05) is 19.1 Å². The molecule has 5 nitrogen and oxygen atoms in total. The molecule has 1 saturated carbocycles. The number of fused-ring (bicyclic) bond motifs is 1. The topological polar surface area (TPSA) is 69.6 Å². The quantitative estimate of drug-likeness (QED) is 0.838. The number of nitrogens with zero attached hydrogens (tertiary/aromatic N) is 1. The number of carbonyl (C=O) groups excluding carboxylic acids is 1. The molecule has 126 valence electrons. The van der Waals surface area contributed by atoms with Crippen molar-refractivity contribution < 1.29 is 14.7 Å². The number of nitrogens with one attached hydrogen (secondary N) is 1. The van der Waals surface area contributed by atoms with Gasteiger partial charge in [-0.15, -0.1) is 0 Å². The standard InChI is InChI=1S/C17H30N2O3/c1-12(7-9-16(2,3)4)18-15(22)19-10-13-6-5-8-17(13,11-19)14(20)21/h12-13H,5-11H2,1-4H3,(H,18,22)(H,20,21)/t12?,13-,17+/m0/s1. The normalized spacial score (nSPS) is 29.3. The second kappa shape index (κ2) is 6.09. The van der Waals surface area contributed by atoms with Crippen LogP contribution in [0.25, 0.3) is 0 Å². The molecular formula is C17H30N2O3. The van der Waals surface area contributed by atoms with E-state index in [4.69, 9.17) is 0 Å². The van der Waals surface area contributed by atoms with Gasteiger partial charge in [-0.05, 0) is 43.9 Å². The fraction of sp³-hybridized carbons (Fsp3) is 0.882. The summed E-state index contributed by atoms with van der Waals surface area (Å²) in [6.07, 6.45) is 4.59. The Hall–Kier alpha value is -1.26. The van der Waals surface area contributed by atoms with Crippen molar-refractivity contribution in [2.24, 2.45) is 16.7 Å². The molecule has 2 amide bonds. The highest BCUT2D eigenvalue weighted by Gasteiger charge is 2.55. The molecule has 2 fully saturated rings. The third kappa shape index (κ3) is 3.55. The Labute approximate surface area is 133 Å². The van der Waals surface area contributed by atoms with Crippen LogP contribution in [0.4, 0.5) is 4.79 Å². The first-order chi connectivity index (χ1) is 10.1. The van der Waals surface area contributed by atoms with Crippen LogP contribution in [0.3, 0.4) is 0 Å². The first-order valence-corrected chi connectivity index (χ1v) is 8.43. The zero-order valence-corrected chi connectivity index (χ0v) is 14.3. The Morgan fingerprint density at radius 3 is 2.64 bits per heavy atom. The van der Waals surface area contributed by atoms with Crippen molar-refractivity contribution in [3.8, 4) is 0 Å².